The lowest BCUT2D eigenvalue weighted by atomic mass is 10.1. The molecule has 1 saturated heterocycles. The number of carbonyl (C=O) groups excluding carboxylic acids is 2. The minimum atomic E-state index is -0.420. The van der Waals surface area contributed by atoms with Crippen molar-refractivity contribution < 1.29 is 9.59 Å². The van der Waals surface area contributed by atoms with Crippen LogP contribution in [0.4, 0.5) is 0 Å². The average molecular weight is 319 g/mol. The van der Waals surface area contributed by atoms with Gasteiger partial charge in [-0.15, -0.1) is 0 Å². The first-order valence-corrected chi connectivity index (χ1v) is 7.79. The van der Waals surface area contributed by atoms with Crippen molar-refractivity contribution in [1.29, 1.82) is 0 Å². The zero-order valence-electron chi connectivity index (χ0n) is 13.1. The van der Waals surface area contributed by atoms with Crippen molar-refractivity contribution in [3.8, 4) is 0 Å². The molecule has 2 rings (SSSR count). The molecule has 0 saturated carbocycles. The minimum Gasteiger partial charge on any atom is -0.332 e. The Labute approximate surface area is 136 Å². The molecule has 1 atom stereocenters. The molecule has 1 N–H and O–H groups in total. The molecule has 1 aromatic carbocycles. The summed E-state index contributed by atoms with van der Waals surface area (Å²) in [6.45, 7) is 6.27. The maximum absolute atomic E-state index is 12.1. The number of hydrogen-bond acceptors (Lipinski definition) is 3. The molecule has 0 aliphatic carbocycles. The van der Waals surface area contributed by atoms with Crippen molar-refractivity contribution in [1.82, 2.24) is 15.1 Å². The molecule has 1 heterocycles. The largest absolute Gasteiger partial charge is 0.332 e. The number of amides is 2. The molecular formula is C16H21N3O2S. The Morgan fingerprint density at radius 1 is 1.36 bits per heavy atom. The minimum absolute atomic E-state index is 0.0192. The van der Waals surface area contributed by atoms with Gasteiger partial charge in [-0.2, -0.15) is 0 Å². The molecule has 0 aromatic heterocycles. The molecule has 22 heavy (non-hydrogen) atoms. The van der Waals surface area contributed by atoms with Crippen molar-refractivity contribution in [3.63, 3.8) is 0 Å². The quantitative estimate of drug-likeness (QED) is 0.843. The van der Waals surface area contributed by atoms with Gasteiger partial charge in [0.15, 0.2) is 5.11 Å². The van der Waals surface area contributed by atoms with E-state index in [1.807, 2.05) is 38.1 Å². The van der Waals surface area contributed by atoms with Gasteiger partial charge in [-0.3, -0.25) is 14.5 Å². The fourth-order valence-corrected chi connectivity index (χ4v) is 2.85. The van der Waals surface area contributed by atoms with Crippen molar-refractivity contribution in [3.05, 3.63) is 35.4 Å². The van der Waals surface area contributed by atoms with E-state index in [-0.39, 0.29) is 18.4 Å². The van der Waals surface area contributed by atoms with Gasteiger partial charge in [-0.25, -0.2) is 0 Å². The van der Waals surface area contributed by atoms with Crippen LogP contribution < -0.4 is 5.32 Å². The summed E-state index contributed by atoms with van der Waals surface area (Å²) >= 11 is 5.44. The molecule has 1 fully saturated rings. The van der Waals surface area contributed by atoms with E-state index in [1.54, 1.807) is 9.80 Å². The number of aryl methyl sites for hydroxylation is 1. The van der Waals surface area contributed by atoms with Crippen molar-refractivity contribution in [2.75, 3.05) is 13.1 Å². The van der Waals surface area contributed by atoms with Gasteiger partial charge in [0.2, 0.25) is 11.8 Å². The molecule has 0 bridgehead atoms. The Bertz CT molecular complexity index is 586. The molecule has 6 heteroatoms. The number of nitrogens with one attached hydrogen (secondary N) is 1. The second-order valence-electron chi connectivity index (χ2n) is 5.47. The molecule has 1 unspecified atom stereocenters. The topological polar surface area (TPSA) is 52.7 Å². The molecule has 5 nitrogen and oxygen atoms in total. The summed E-state index contributed by atoms with van der Waals surface area (Å²) < 4.78 is 0. The Kier molecular flexibility index (Phi) is 5.13. The summed E-state index contributed by atoms with van der Waals surface area (Å²) in [5, 5.41) is 3.37. The van der Waals surface area contributed by atoms with E-state index in [0.717, 1.165) is 17.5 Å². The van der Waals surface area contributed by atoms with Crippen LogP contribution in [0.15, 0.2) is 24.3 Å². The molecule has 1 aliphatic rings. The maximum Gasteiger partial charge on any atom is 0.248 e. The third kappa shape index (κ3) is 3.44. The van der Waals surface area contributed by atoms with Crippen LogP contribution in [-0.4, -0.2) is 39.8 Å². The first kappa shape index (κ1) is 16.4. The van der Waals surface area contributed by atoms with Crippen molar-refractivity contribution in [2.24, 2.45) is 0 Å². The third-order valence-electron chi connectivity index (χ3n) is 3.58. The van der Waals surface area contributed by atoms with Gasteiger partial charge < -0.3 is 10.2 Å². The number of benzene rings is 1. The van der Waals surface area contributed by atoms with E-state index >= 15 is 0 Å². The van der Waals surface area contributed by atoms with Gasteiger partial charge in [0.05, 0.1) is 0 Å². The van der Waals surface area contributed by atoms with Crippen molar-refractivity contribution >= 4 is 29.1 Å². The summed E-state index contributed by atoms with van der Waals surface area (Å²) in [5.74, 6) is -0.177. The van der Waals surface area contributed by atoms with Crippen LogP contribution in [0, 0.1) is 6.92 Å². The molecular weight excluding hydrogens is 298 g/mol. The number of carbonyl (C=O) groups is 2. The molecule has 118 valence electrons. The fraction of sp³-hybridized carbons (Fsp3) is 0.438. The number of nitrogens with zero attached hydrogens (tertiary/aromatic N) is 2. The molecule has 1 aliphatic heterocycles. The molecule has 0 spiro atoms. The Morgan fingerprint density at radius 2 is 2.00 bits per heavy atom. The number of hydrogen-bond donors (Lipinski definition) is 1. The summed E-state index contributed by atoms with van der Waals surface area (Å²) in [6, 6.07) is 7.86. The summed E-state index contributed by atoms with van der Waals surface area (Å²) in [7, 11) is 0. The van der Waals surface area contributed by atoms with E-state index in [1.165, 1.54) is 6.92 Å². The van der Waals surface area contributed by atoms with Crippen LogP contribution in [0.25, 0.3) is 0 Å². The first-order chi connectivity index (χ1) is 10.4. The monoisotopic (exact) mass is 319 g/mol. The number of thiocarbonyl (C=S) groups is 1. The van der Waals surface area contributed by atoms with Crippen LogP contribution in [0.5, 0.6) is 0 Å². The highest BCUT2D eigenvalue weighted by molar-refractivity contribution is 7.80. The van der Waals surface area contributed by atoms with Crippen molar-refractivity contribution in [2.45, 2.75) is 33.4 Å². The number of rotatable bonds is 5. The normalized spacial score (nSPS) is 16.1. The second kappa shape index (κ2) is 6.87. The summed E-state index contributed by atoms with van der Waals surface area (Å²) in [5.41, 5.74) is 2.05. The van der Waals surface area contributed by atoms with Gasteiger partial charge >= 0.3 is 0 Å². The lowest BCUT2D eigenvalue weighted by Crippen LogP contribution is -2.43. The average Bonchev–Trinajstić information content (AvgIpc) is 2.74. The van der Waals surface area contributed by atoms with E-state index in [9.17, 15) is 9.59 Å². The Hall–Kier alpha value is -1.95. The van der Waals surface area contributed by atoms with Gasteiger partial charge in [-0.05, 0) is 31.1 Å². The van der Waals surface area contributed by atoms with Gasteiger partial charge in [0.1, 0.15) is 12.7 Å². The van der Waals surface area contributed by atoms with E-state index in [0.29, 0.717) is 11.7 Å². The second-order valence-corrected chi connectivity index (χ2v) is 5.83. The van der Waals surface area contributed by atoms with Gasteiger partial charge in [0.25, 0.3) is 0 Å². The Morgan fingerprint density at radius 3 is 2.55 bits per heavy atom. The smallest absolute Gasteiger partial charge is 0.248 e. The zero-order valence-corrected chi connectivity index (χ0v) is 13.9. The van der Waals surface area contributed by atoms with Crippen LogP contribution in [0.1, 0.15) is 37.6 Å². The SMILES string of the molecule is CCCN1C(=O)CN(C(NC(C)=O)c2ccc(C)cc2)C1=S. The first-order valence-electron chi connectivity index (χ1n) is 7.38. The fourth-order valence-electron chi connectivity index (χ4n) is 2.49. The van der Waals surface area contributed by atoms with Gasteiger partial charge in [-0.1, -0.05) is 36.8 Å². The lowest BCUT2D eigenvalue weighted by Gasteiger charge is -2.30. The standard InChI is InChI=1S/C16H21N3O2S/c1-4-9-18-14(21)10-19(16(18)22)15(17-12(3)20)13-7-5-11(2)6-8-13/h5-8,15H,4,9-10H2,1-3H3,(H,17,20). The van der Waals surface area contributed by atoms with E-state index in [4.69, 9.17) is 12.2 Å². The van der Waals surface area contributed by atoms with Crippen LogP contribution >= 0.6 is 12.2 Å². The van der Waals surface area contributed by atoms with E-state index < -0.39 is 6.17 Å². The predicted molar refractivity (Wildman–Crippen MR) is 89.0 cm³/mol. The third-order valence-corrected chi connectivity index (χ3v) is 4.03. The summed E-state index contributed by atoms with van der Waals surface area (Å²) in [4.78, 5) is 27.1. The maximum atomic E-state index is 12.1. The highest BCUT2D eigenvalue weighted by Gasteiger charge is 2.37. The molecule has 0 radical (unpaired) electrons. The van der Waals surface area contributed by atoms with Crippen LogP contribution in [0.2, 0.25) is 0 Å². The lowest BCUT2D eigenvalue weighted by molar-refractivity contribution is -0.126. The predicted octanol–water partition coefficient (Wildman–Crippen LogP) is 1.97. The highest BCUT2D eigenvalue weighted by Crippen LogP contribution is 2.24. The zero-order chi connectivity index (χ0) is 16.3. The van der Waals surface area contributed by atoms with E-state index in [2.05, 4.69) is 5.32 Å². The summed E-state index contributed by atoms with van der Waals surface area (Å²) in [6.07, 6.45) is 0.422. The van der Waals surface area contributed by atoms with Gasteiger partial charge in [0, 0.05) is 13.5 Å². The van der Waals surface area contributed by atoms with Crippen LogP contribution in [0.3, 0.4) is 0 Å². The molecule has 1 aromatic rings. The molecule has 2 amide bonds. The Balaban J connectivity index is 2.30. The van der Waals surface area contributed by atoms with Crippen LogP contribution in [-0.2, 0) is 9.59 Å². The highest BCUT2D eigenvalue weighted by atomic mass is 32.1.